The van der Waals surface area contributed by atoms with Gasteiger partial charge in [0.25, 0.3) is 5.56 Å². The van der Waals surface area contributed by atoms with Crippen LogP contribution in [0.5, 0.6) is 0 Å². The largest absolute Gasteiger partial charge is 0.387 e. The molecule has 7 nitrogen and oxygen atoms in total. The molecule has 34 heavy (non-hydrogen) atoms. The highest BCUT2D eigenvalue weighted by Crippen LogP contribution is 2.27. The number of nitrogens with one attached hydrogen (secondary N) is 2. The molecule has 1 aliphatic carbocycles. The van der Waals surface area contributed by atoms with Crippen LogP contribution in [0.15, 0.2) is 77.3 Å². The van der Waals surface area contributed by atoms with Gasteiger partial charge < -0.3 is 20.8 Å². The zero-order chi connectivity index (χ0) is 23.5. The van der Waals surface area contributed by atoms with Gasteiger partial charge >= 0.3 is 0 Å². The van der Waals surface area contributed by atoms with Crippen molar-refractivity contribution in [1.29, 1.82) is 0 Å². The molecule has 1 fully saturated rings. The molecule has 1 saturated heterocycles. The fraction of sp³-hybridized carbons (Fsp3) is 0.407. The number of aryl methyl sites for hydroxylation is 1. The average Bonchev–Trinajstić information content (AvgIpc) is 3.40. The van der Waals surface area contributed by atoms with Crippen molar-refractivity contribution in [3.8, 4) is 0 Å². The zero-order valence-electron chi connectivity index (χ0n) is 19.2. The first-order valence-corrected chi connectivity index (χ1v) is 12.2. The van der Waals surface area contributed by atoms with Gasteiger partial charge in [-0.3, -0.25) is 9.36 Å². The number of fused-ring (bicyclic) bond motifs is 1. The predicted molar refractivity (Wildman–Crippen MR) is 133 cm³/mol. The lowest BCUT2D eigenvalue weighted by molar-refractivity contribution is 0.140. The summed E-state index contributed by atoms with van der Waals surface area (Å²) >= 11 is 0. The highest BCUT2D eigenvalue weighted by Gasteiger charge is 2.31. The number of anilines is 1. The van der Waals surface area contributed by atoms with Crippen molar-refractivity contribution in [2.75, 3.05) is 5.32 Å². The van der Waals surface area contributed by atoms with Crippen LogP contribution in [0, 0.1) is 0 Å². The van der Waals surface area contributed by atoms with E-state index in [0.29, 0.717) is 18.9 Å². The van der Waals surface area contributed by atoms with Gasteiger partial charge in [0, 0.05) is 36.5 Å². The van der Waals surface area contributed by atoms with Crippen LogP contribution in [0.4, 0.5) is 5.69 Å². The van der Waals surface area contributed by atoms with E-state index in [9.17, 15) is 15.0 Å². The Hall–Kier alpha value is -3.00. The van der Waals surface area contributed by atoms with Crippen molar-refractivity contribution in [1.82, 2.24) is 14.9 Å². The smallest absolute Gasteiger partial charge is 0.253 e. The summed E-state index contributed by atoms with van der Waals surface area (Å²) in [5.41, 5.74) is 2.85. The second-order valence-electron chi connectivity index (χ2n) is 9.39. The van der Waals surface area contributed by atoms with Gasteiger partial charge in [0.05, 0.1) is 12.1 Å². The molecular weight excluding hydrogens is 428 g/mol. The van der Waals surface area contributed by atoms with Crippen LogP contribution in [-0.4, -0.2) is 44.2 Å². The summed E-state index contributed by atoms with van der Waals surface area (Å²) in [5.74, 6) is 0.726. The molecular formula is C27H32N4O3. The SMILES string of the molecule is O=c1ccnc2n1C(C(O)Nc1ccc(CC3CCC(C(O)C4=CC=CCC=C4)N3)cc1)CC2. The van der Waals surface area contributed by atoms with E-state index in [0.717, 1.165) is 42.8 Å². The Kier molecular flexibility index (Phi) is 6.76. The van der Waals surface area contributed by atoms with Gasteiger partial charge in [0.2, 0.25) is 0 Å². The number of benzene rings is 1. The predicted octanol–water partition coefficient (Wildman–Crippen LogP) is 2.63. The second-order valence-corrected chi connectivity index (χ2v) is 9.39. The molecule has 7 heteroatoms. The van der Waals surface area contributed by atoms with Gasteiger partial charge in [-0.25, -0.2) is 4.98 Å². The summed E-state index contributed by atoms with van der Waals surface area (Å²) < 4.78 is 1.60. The van der Waals surface area contributed by atoms with E-state index >= 15 is 0 Å². The third-order valence-corrected chi connectivity index (χ3v) is 7.07. The Morgan fingerprint density at radius 3 is 2.82 bits per heavy atom. The maximum absolute atomic E-state index is 12.2. The molecule has 0 amide bonds. The summed E-state index contributed by atoms with van der Waals surface area (Å²) in [6.45, 7) is 0. The summed E-state index contributed by atoms with van der Waals surface area (Å²) in [7, 11) is 0. The fourth-order valence-corrected chi connectivity index (χ4v) is 5.28. The van der Waals surface area contributed by atoms with Gasteiger partial charge in [0.15, 0.2) is 0 Å². The molecule has 2 aliphatic heterocycles. The van der Waals surface area contributed by atoms with Crippen molar-refractivity contribution in [3.05, 3.63) is 94.2 Å². The number of allylic oxidation sites excluding steroid dienone is 4. The standard InChI is InChI=1S/C27H32N4O3/c32-25-15-16-28-24-14-13-23(31(24)25)27(34)30-20-9-7-18(8-10-20)17-21-11-12-22(29-21)26(33)19-5-3-1-2-4-6-19/h1,3-10,15-16,21-23,26-27,29-30,33-34H,2,11-14,17H2. The fourth-order valence-electron chi connectivity index (χ4n) is 5.28. The molecule has 0 radical (unpaired) electrons. The third-order valence-electron chi connectivity index (χ3n) is 7.07. The normalized spacial score (nSPS) is 25.5. The minimum absolute atomic E-state index is 0.0654. The maximum Gasteiger partial charge on any atom is 0.253 e. The molecule has 1 aromatic carbocycles. The Bertz CT molecular complexity index is 1150. The van der Waals surface area contributed by atoms with E-state index in [1.54, 1.807) is 4.57 Å². The molecule has 3 aliphatic rings. The molecule has 4 N–H and O–H groups in total. The molecule has 2 aromatic rings. The Morgan fingerprint density at radius 2 is 1.97 bits per heavy atom. The lowest BCUT2D eigenvalue weighted by Crippen LogP contribution is -2.39. The molecule has 0 spiro atoms. The first-order valence-electron chi connectivity index (χ1n) is 12.2. The zero-order valence-corrected chi connectivity index (χ0v) is 19.2. The van der Waals surface area contributed by atoms with Crippen molar-refractivity contribution >= 4 is 5.69 Å². The quantitative estimate of drug-likeness (QED) is 0.474. The van der Waals surface area contributed by atoms with Crippen LogP contribution in [0.2, 0.25) is 0 Å². The molecule has 3 heterocycles. The van der Waals surface area contributed by atoms with E-state index in [1.807, 2.05) is 30.4 Å². The summed E-state index contributed by atoms with van der Waals surface area (Å²) in [6, 6.07) is 9.57. The molecule has 5 rings (SSSR count). The van der Waals surface area contributed by atoms with Crippen LogP contribution >= 0.6 is 0 Å². The molecule has 0 saturated carbocycles. The van der Waals surface area contributed by atoms with Crippen LogP contribution < -0.4 is 16.2 Å². The molecule has 5 atom stereocenters. The minimum Gasteiger partial charge on any atom is -0.387 e. The summed E-state index contributed by atoms with van der Waals surface area (Å²) in [5, 5.41) is 28.3. The van der Waals surface area contributed by atoms with Crippen LogP contribution in [0.1, 0.15) is 43.1 Å². The van der Waals surface area contributed by atoms with Gasteiger partial charge in [-0.1, -0.05) is 42.5 Å². The highest BCUT2D eigenvalue weighted by atomic mass is 16.3. The Balaban J connectivity index is 1.15. The van der Waals surface area contributed by atoms with E-state index in [-0.39, 0.29) is 17.6 Å². The van der Waals surface area contributed by atoms with Gasteiger partial charge in [0.1, 0.15) is 12.1 Å². The number of aliphatic hydroxyl groups is 2. The van der Waals surface area contributed by atoms with Crippen molar-refractivity contribution < 1.29 is 10.2 Å². The number of aliphatic hydroxyl groups excluding tert-OH is 2. The Labute approximate surface area is 199 Å². The number of hydrogen-bond donors (Lipinski definition) is 4. The van der Waals surface area contributed by atoms with Crippen LogP contribution in [-0.2, 0) is 12.8 Å². The monoisotopic (exact) mass is 460 g/mol. The molecule has 5 unspecified atom stereocenters. The first-order chi connectivity index (χ1) is 16.6. The van der Waals surface area contributed by atoms with Gasteiger partial charge in [-0.05, 0) is 55.4 Å². The third kappa shape index (κ3) is 4.92. The number of nitrogens with zero attached hydrogens (tertiary/aromatic N) is 2. The Morgan fingerprint density at radius 1 is 1.12 bits per heavy atom. The minimum atomic E-state index is -0.866. The lowest BCUT2D eigenvalue weighted by Gasteiger charge is -2.23. The van der Waals surface area contributed by atoms with Crippen molar-refractivity contribution in [2.45, 2.75) is 69.0 Å². The molecule has 178 valence electrons. The van der Waals surface area contributed by atoms with Crippen LogP contribution in [0.3, 0.4) is 0 Å². The van der Waals surface area contributed by atoms with E-state index < -0.39 is 12.3 Å². The van der Waals surface area contributed by atoms with E-state index in [1.165, 1.54) is 17.8 Å². The highest BCUT2D eigenvalue weighted by molar-refractivity contribution is 5.45. The molecule has 0 bridgehead atoms. The van der Waals surface area contributed by atoms with E-state index in [4.69, 9.17) is 0 Å². The van der Waals surface area contributed by atoms with Gasteiger partial charge in [-0.15, -0.1) is 0 Å². The van der Waals surface area contributed by atoms with Crippen molar-refractivity contribution in [2.24, 2.45) is 0 Å². The summed E-state index contributed by atoms with van der Waals surface area (Å²) in [6.07, 6.45) is 15.5. The van der Waals surface area contributed by atoms with Gasteiger partial charge in [-0.2, -0.15) is 0 Å². The first kappa shape index (κ1) is 22.8. The summed E-state index contributed by atoms with van der Waals surface area (Å²) in [4.78, 5) is 16.5. The average molecular weight is 461 g/mol. The van der Waals surface area contributed by atoms with Crippen LogP contribution in [0.25, 0.3) is 0 Å². The number of rotatable bonds is 7. The van der Waals surface area contributed by atoms with E-state index in [2.05, 4.69) is 39.9 Å². The molecule has 1 aromatic heterocycles. The maximum atomic E-state index is 12.2. The van der Waals surface area contributed by atoms with Crippen molar-refractivity contribution in [3.63, 3.8) is 0 Å². The number of aromatic nitrogens is 2. The number of hydrogen-bond acceptors (Lipinski definition) is 6. The lowest BCUT2D eigenvalue weighted by atomic mass is 10.00. The topological polar surface area (TPSA) is 99.4 Å². The second kappa shape index (κ2) is 10.1.